The molecule has 0 radical (unpaired) electrons. The van der Waals surface area contributed by atoms with E-state index >= 15 is 0 Å². The van der Waals surface area contributed by atoms with Crippen LogP contribution in [0.3, 0.4) is 0 Å². The summed E-state index contributed by atoms with van der Waals surface area (Å²) in [6.45, 7) is 2.11. The monoisotopic (exact) mass is 431 g/mol. The minimum Gasteiger partial charge on any atom is -0.357 e. The number of aromatic nitrogens is 2. The lowest BCUT2D eigenvalue weighted by Gasteiger charge is -2.20. The Bertz CT molecular complexity index is 1000. The van der Waals surface area contributed by atoms with Crippen LogP contribution in [0.5, 0.6) is 0 Å². The fraction of sp³-hybridized carbons (Fsp3) is 0.250. The second-order valence-corrected chi connectivity index (χ2v) is 7.84. The summed E-state index contributed by atoms with van der Waals surface area (Å²) in [4.78, 5) is 35.6. The third-order valence-electron chi connectivity index (χ3n) is 4.66. The summed E-state index contributed by atoms with van der Waals surface area (Å²) in [7, 11) is 2.07. The minimum atomic E-state index is -0.217. The van der Waals surface area contributed by atoms with Gasteiger partial charge in [-0.3, -0.25) is 9.59 Å². The fourth-order valence-corrected chi connectivity index (χ4v) is 4.22. The molecule has 0 unspecified atom stereocenters. The number of nitrogens with zero attached hydrogens (tertiary/aromatic N) is 2. The molecule has 1 aliphatic heterocycles. The number of nitrogens with one attached hydrogen (secondary N) is 3. The number of para-hydroxylation sites is 1. The van der Waals surface area contributed by atoms with Crippen molar-refractivity contribution < 1.29 is 9.59 Å². The summed E-state index contributed by atoms with van der Waals surface area (Å²) < 4.78 is 0. The minimum absolute atomic E-state index is 0. The number of thiazole rings is 1. The van der Waals surface area contributed by atoms with Gasteiger partial charge in [-0.25, -0.2) is 4.98 Å². The van der Waals surface area contributed by atoms with Crippen molar-refractivity contribution in [1.82, 2.24) is 20.2 Å². The van der Waals surface area contributed by atoms with Crippen LogP contribution in [-0.4, -0.2) is 40.3 Å². The molecule has 1 aromatic carbocycles. The summed E-state index contributed by atoms with van der Waals surface area (Å²) in [6.07, 6.45) is 2.57. The lowest BCUT2D eigenvalue weighted by molar-refractivity contribution is 0.0946. The van der Waals surface area contributed by atoms with Crippen LogP contribution in [0, 0.1) is 0 Å². The molecule has 9 heteroatoms. The molecule has 4 rings (SSSR count). The van der Waals surface area contributed by atoms with E-state index in [1.807, 2.05) is 24.3 Å². The van der Waals surface area contributed by atoms with Crippen LogP contribution in [-0.2, 0) is 19.5 Å². The van der Waals surface area contributed by atoms with Crippen molar-refractivity contribution in [3.05, 3.63) is 69.4 Å². The van der Waals surface area contributed by atoms with Gasteiger partial charge in [-0.05, 0) is 30.8 Å². The molecule has 152 valence electrons. The van der Waals surface area contributed by atoms with Gasteiger partial charge in [-0.15, -0.1) is 23.7 Å². The molecule has 0 atom stereocenters. The van der Waals surface area contributed by atoms with Crippen LogP contribution < -0.4 is 10.6 Å². The molecule has 0 saturated carbocycles. The summed E-state index contributed by atoms with van der Waals surface area (Å²) in [5, 5.41) is 6.28. The third kappa shape index (κ3) is 4.84. The van der Waals surface area contributed by atoms with Crippen LogP contribution in [0.15, 0.2) is 42.6 Å². The van der Waals surface area contributed by atoms with E-state index in [0.717, 1.165) is 35.6 Å². The second-order valence-electron chi connectivity index (χ2n) is 6.75. The first-order chi connectivity index (χ1) is 13.6. The van der Waals surface area contributed by atoms with E-state index in [2.05, 4.69) is 32.5 Å². The fourth-order valence-electron chi connectivity index (χ4n) is 3.13. The zero-order chi connectivity index (χ0) is 19.5. The molecule has 3 heterocycles. The first kappa shape index (κ1) is 21.0. The van der Waals surface area contributed by atoms with E-state index in [1.54, 1.807) is 18.3 Å². The highest BCUT2D eigenvalue weighted by Gasteiger charge is 2.21. The maximum atomic E-state index is 12.7. The molecular formula is C20H22ClN5O2S. The third-order valence-corrected chi connectivity index (χ3v) is 5.75. The summed E-state index contributed by atoms with van der Waals surface area (Å²) in [6, 6.07) is 10.9. The number of anilines is 1. The van der Waals surface area contributed by atoms with Crippen LogP contribution in [0.25, 0.3) is 0 Å². The number of H-pyrrole nitrogens is 1. The number of rotatable bonds is 5. The van der Waals surface area contributed by atoms with Gasteiger partial charge in [0.25, 0.3) is 11.8 Å². The number of fused-ring (bicyclic) bond motifs is 1. The molecule has 0 fully saturated rings. The molecule has 0 saturated heterocycles. The number of benzene rings is 1. The van der Waals surface area contributed by atoms with E-state index in [-0.39, 0.29) is 24.2 Å². The summed E-state index contributed by atoms with van der Waals surface area (Å²) >= 11 is 1.45. The number of amides is 2. The Hall–Kier alpha value is -2.68. The van der Waals surface area contributed by atoms with Gasteiger partial charge in [0.05, 0.1) is 5.69 Å². The van der Waals surface area contributed by atoms with Crippen molar-refractivity contribution in [3.8, 4) is 0 Å². The first-order valence-corrected chi connectivity index (χ1v) is 9.90. The lowest BCUT2D eigenvalue weighted by Crippen LogP contribution is -2.25. The molecule has 1 aliphatic rings. The summed E-state index contributed by atoms with van der Waals surface area (Å²) in [5.74, 6) is -0.409. The molecule has 0 spiro atoms. The number of aromatic amines is 1. The molecule has 7 nitrogen and oxygen atoms in total. The SMILES string of the molecule is CN1CCc2nc(C(=O)Nc3ccccc3CNC(=O)c3ccc[nH]3)sc2C1.Cl. The second kappa shape index (κ2) is 9.21. The number of likely N-dealkylation sites (N-methyl/N-ethyl adjacent to an activating group) is 1. The van der Waals surface area contributed by atoms with Crippen LogP contribution >= 0.6 is 23.7 Å². The van der Waals surface area contributed by atoms with Crippen molar-refractivity contribution in [1.29, 1.82) is 0 Å². The quantitative estimate of drug-likeness (QED) is 0.579. The van der Waals surface area contributed by atoms with Crippen LogP contribution in [0.1, 0.15) is 36.4 Å². The Labute approximate surface area is 178 Å². The molecule has 0 bridgehead atoms. The molecule has 2 amide bonds. The van der Waals surface area contributed by atoms with E-state index in [1.165, 1.54) is 11.3 Å². The zero-order valence-corrected chi connectivity index (χ0v) is 17.5. The number of carbonyl (C=O) groups is 2. The van der Waals surface area contributed by atoms with Gasteiger partial charge in [0.15, 0.2) is 5.01 Å². The molecule has 2 aromatic heterocycles. The van der Waals surface area contributed by atoms with Crippen molar-refractivity contribution in [2.45, 2.75) is 19.5 Å². The highest BCUT2D eigenvalue weighted by molar-refractivity contribution is 7.13. The predicted molar refractivity (Wildman–Crippen MR) is 116 cm³/mol. The number of hydrogen-bond donors (Lipinski definition) is 3. The van der Waals surface area contributed by atoms with E-state index in [0.29, 0.717) is 22.9 Å². The van der Waals surface area contributed by atoms with Gasteiger partial charge in [-0.1, -0.05) is 18.2 Å². The normalized spacial score (nSPS) is 13.3. The van der Waals surface area contributed by atoms with Gasteiger partial charge < -0.3 is 20.5 Å². The van der Waals surface area contributed by atoms with Crippen LogP contribution in [0.2, 0.25) is 0 Å². The van der Waals surface area contributed by atoms with Gasteiger partial charge in [0.1, 0.15) is 5.69 Å². The average Bonchev–Trinajstić information content (AvgIpc) is 3.36. The largest absolute Gasteiger partial charge is 0.357 e. The van der Waals surface area contributed by atoms with Crippen LogP contribution in [0.4, 0.5) is 5.69 Å². The summed E-state index contributed by atoms with van der Waals surface area (Å²) in [5.41, 5.74) is 3.03. The molecule has 3 N–H and O–H groups in total. The molecule has 3 aromatic rings. The highest BCUT2D eigenvalue weighted by atomic mass is 35.5. The standard InChI is InChI=1S/C20H21N5O2S.ClH/c1-25-10-8-15-17(12-25)28-20(24-15)19(27)23-14-6-3-2-5-13(14)11-22-18(26)16-7-4-9-21-16;/h2-7,9,21H,8,10-12H2,1H3,(H,22,26)(H,23,27);1H. The van der Waals surface area contributed by atoms with Crippen molar-refractivity contribution >= 4 is 41.2 Å². The number of halogens is 1. The van der Waals surface area contributed by atoms with Crippen molar-refractivity contribution in [3.63, 3.8) is 0 Å². The van der Waals surface area contributed by atoms with Gasteiger partial charge in [0.2, 0.25) is 0 Å². The Morgan fingerprint density at radius 2 is 2.03 bits per heavy atom. The lowest BCUT2D eigenvalue weighted by atomic mass is 10.1. The van der Waals surface area contributed by atoms with Gasteiger partial charge in [-0.2, -0.15) is 0 Å². The van der Waals surface area contributed by atoms with E-state index < -0.39 is 0 Å². The molecular weight excluding hydrogens is 410 g/mol. The Morgan fingerprint density at radius 3 is 2.83 bits per heavy atom. The Balaban J connectivity index is 0.00000240. The van der Waals surface area contributed by atoms with Gasteiger partial charge >= 0.3 is 0 Å². The first-order valence-electron chi connectivity index (χ1n) is 9.08. The van der Waals surface area contributed by atoms with Crippen molar-refractivity contribution in [2.24, 2.45) is 0 Å². The zero-order valence-electron chi connectivity index (χ0n) is 15.9. The Kier molecular flexibility index (Phi) is 6.68. The van der Waals surface area contributed by atoms with E-state index in [4.69, 9.17) is 0 Å². The highest BCUT2D eigenvalue weighted by Crippen LogP contribution is 2.25. The maximum Gasteiger partial charge on any atom is 0.284 e. The molecule has 29 heavy (non-hydrogen) atoms. The van der Waals surface area contributed by atoms with Gasteiger partial charge in [0, 0.05) is 42.8 Å². The maximum absolute atomic E-state index is 12.7. The topological polar surface area (TPSA) is 90.1 Å². The smallest absolute Gasteiger partial charge is 0.284 e. The van der Waals surface area contributed by atoms with Crippen molar-refractivity contribution in [2.75, 3.05) is 18.9 Å². The number of hydrogen-bond acceptors (Lipinski definition) is 5. The molecule has 0 aliphatic carbocycles. The Morgan fingerprint density at radius 1 is 1.21 bits per heavy atom. The predicted octanol–water partition coefficient (Wildman–Crippen LogP) is 3.06. The van der Waals surface area contributed by atoms with E-state index in [9.17, 15) is 9.59 Å². The average molecular weight is 432 g/mol. The number of carbonyl (C=O) groups excluding carboxylic acids is 2.